The molecular weight excluding hydrogens is 228 g/mol. The van der Waals surface area contributed by atoms with Crippen LogP contribution in [0.15, 0.2) is 12.4 Å². The highest BCUT2D eigenvalue weighted by Gasteiger charge is 2.16. The van der Waals surface area contributed by atoms with Crippen LogP contribution in [0.1, 0.15) is 26.2 Å². The lowest BCUT2D eigenvalue weighted by Gasteiger charge is -2.28. The molecule has 18 heavy (non-hydrogen) atoms. The molecule has 0 bridgehead atoms. The zero-order valence-electron chi connectivity index (χ0n) is 11.2. The van der Waals surface area contributed by atoms with Gasteiger partial charge in [-0.1, -0.05) is 0 Å². The highest BCUT2D eigenvalue weighted by atomic mass is 16.5. The summed E-state index contributed by atoms with van der Waals surface area (Å²) in [5.41, 5.74) is 0. The molecule has 1 aromatic rings. The minimum atomic E-state index is 0.335. The molecule has 0 aromatic carbocycles. The molecule has 0 amide bonds. The van der Waals surface area contributed by atoms with Crippen molar-refractivity contribution in [1.82, 2.24) is 9.97 Å². The largest absolute Gasteiger partial charge is 0.376 e. The SMILES string of the molecule is CCNc1cc(N(C)CC2CCCCO2)ncn1. The van der Waals surface area contributed by atoms with Crippen LogP contribution in [0.3, 0.4) is 0 Å². The highest BCUT2D eigenvalue weighted by molar-refractivity contribution is 5.47. The van der Waals surface area contributed by atoms with E-state index in [1.807, 2.05) is 6.07 Å². The zero-order chi connectivity index (χ0) is 12.8. The zero-order valence-corrected chi connectivity index (χ0v) is 11.2. The molecule has 5 heteroatoms. The van der Waals surface area contributed by atoms with E-state index in [2.05, 4.69) is 34.2 Å². The van der Waals surface area contributed by atoms with Crippen LogP contribution in [0, 0.1) is 0 Å². The first-order valence-electron chi connectivity index (χ1n) is 6.68. The van der Waals surface area contributed by atoms with E-state index in [0.29, 0.717) is 6.10 Å². The van der Waals surface area contributed by atoms with Gasteiger partial charge in [0.1, 0.15) is 18.0 Å². The van der Waals surface area contributed by atoms with Gasteiger partial charge in [0.15, 0.2) is 0 Å². The molecular formula is C13H22N4O. The normalized spacial score (nSPS) is 19.6. The summed E-state index contributed by atoms with van der Waals surface area (Å²) in [5.74, 6) is 1.81. The Kier molecular flexibility index (Phi) is 4.75. The van der Waals surface area contributed by atoms with Crippen LogP contribution in [0.2, 0.25) is 0 Å². The van der Waals surface area contributed by atoms with Gasteiger partial charge in [0.2, 0.25) is 0 Å². The summed E-state index contributed by atoms with van der Waals surface area (Å²) in [4.78, 5) is 10.6. The van der Waals surface area contributed by atoms with E-state index in [1.165, 1.54) is 12.8 Å². The van der Waals surface area contributed by atoms with Crippen molar-refractivity contribution >= 4 is 11.6 Å². The minimum absolute atomic E-state index is 0.335. The molecule has 1 aromatic heterocycles. The number of anilines is 2. The summed E-state index contributed by atoms with van der Waals surface area (Å²) < 4.78 is 5.75. The Morgan fingerprint density at radius 1 is 1.44 bits per heavy atom. The number of rotatable bonds is 5. The lowest BCUT2D eigenvalue weighted by Crippen LogP contribution is -2.33. The van der Waals surface area contributed by atoms with Crippen LogP contribution in [-0.2, 0) is 4.74 Å². The second-order valence-corrected chi connectivity index (χ2v) is 4.66. The minimum Gasteiger partial charge on any atom is -0.376 e. The van der Waals surface area contributed by atoms with E-state index >= 15 is 0 Å². The lowest BCUT2D eigenvalue weighted by atomic mass is 10.1. The van der Waals surface area contributed by atoms with Crippen LogP contribution in [0.25, 0.3) is 0 Å². The standard InChI is InChI=1S/C13H22N4O/c1-3-14-12-8-13(16-10-15-12)17(2)9-11-6-4-5-7-18-11/h8,10-11H,3-7,9H2,1-2H3,(H,14,15,16). The topological polar surface area (TPSA) is 50.3 Å². The smallest absolute Gasteiger partial charge is 0.133 e. The van der Waals surface area contributed by atoms with Gasteiger partial charge in [0.25, 0.3) is 0 Å². The summed E-state index contributed by atoms with van der Waals surface area (Å²) in [6, 6.07) is 1.98. The maximum absolute atomic E-state index is 5.75. The molecule has 1 unspecified atom stereocenters. The summed E-state index contributed by atoms with van der Waals surface area (Å²) in [7, 11) is 2.05. The molecule has 100 valence electrons. The summed E-state index contributed by atoms with van der Waals surface area (Å²) in [5, 5.41) is 3.20. The van der Waals surface area contributed by atoms with Crippen molar-refractivity contribution < 1.29 is 4.74 Å². The van der Waals surface area contributed by atoms with Gasteiger partial charge >= 0.3 is 0 Å². The molecule has 1 saturated heterocycles. The number of likely N-dealkylation sites (N-methyl/N-ethyl adjacent to an activating group) is 1. The fourth-order valence-electron chi connectivity index (χ4n) is 2.18. The van der Waals surface area contributed by atoms with Crippen molar-refractivity contribution in [2.24, 2.45) is 0 Å². The van der Waals surface area contributed by atoms with Gasteiger partial charge in [-0.15, -0.1) is 0 Å². The van der Waals surface area contributed by atoms with Crippen LogP contribution in [0.4, 0.5) is 11.6 Å². The van der Waals surface area contributed by atoms with Crippen molar-refractivity contribution in [2.45, 2.75) is 32.3 Å². The predicted molar refractivity (Wildman–Crippen MR) is 73.1 cm³/mol. The van der Waals surface area contributed by atoms with Crippen molar-refractivity contribution in [3.05, 3.63) is 12.4 Å². The Hall–Kier alpha value is -1.36. The van der Waals surface area contributed by atoms with Gasteiger partial charge in [0.05, 0.1) is 6.10 Å². The third-order valence-corrected chi connectivity index (χ3v) is 3.15. The van der Waals surface area contributed by atoms with E-state index in [9.17, 15) is 0 Å². The average Bonchev–Trinajstić information content (AvgIpc) is 2.40. The number of nitrogens with one attached hydrogen (secondary N) is 1. The summed E-state index contributed by atoms with van der Waals surface area (Å²) >= 11 is 0. The lowest BCUT2D eigenvalue weighted by molar-refractivity contribution is 0.0215. The molecule has 1 N–H and O–H groups in total. The van der Waals surface area contributed by atoms with Gasteiger partial charge in [0, 0.05) is 32.8 Å². The van der Waals surface area contributed by atoms with Crippen molar-refractivity contribution in [3.8, 4) is 0 Å². The van der Waals surface area contributed by atoms with Gasteiger partial charge < -0.3 is 15.0 Å². The van der Waals surface area contributed by atoms with E-state index < -0.39 is 0 Å². The first kappa shape index (κ1) is 13.1. The monoisotopic (exact) mass is 250 g/mol. The number of ether oxygens (including phenoxy) is 1. The molecule has 0 saturated carbocycles. The molecule has 1 atom stereocenters. The van der Waals surface area contributed by atoms with Gasteiger partial charge in [-0.2, -0.15) is 0 Å². The number of hydrogen-bond acceptors (Lipinski definition) is 5. The first-order chi connectivity index (χ1) is 8.79. The summed E-state index contributed by atoms with van der Waals surface area (Å²) in [6.07, 6.45) is 5.55. The second-order valence-electron chi connectivity index (χ2n) is 4.66. The van der Waals surface area contributed by atoms with Crippen molar-refractivity contribution in [3.63, 3.8) is 0 Å². The Morgan fingerprint density at radius 2 is 2.33 bits per heavy atom. The van der Waals surface area contributed by atoms with Crippen LogP contribution >= 0.6 is 0 Å². The van der Waals surface area contributed by atoms with Gasteiger partial charge in [-0.25, -0.2) is 9.97 Å². The Balaban J connectivity index is 1.94. The fourth-order valence-corrected chi connectivity index (χ4v) is 2.18. The van der Waals surface area contributed by atoms with Crippen LogP contribution in [0.5, 0.6) is 0 Å². The van der Waals surface area contributed by atoms with Crippen molar-refractivity contribution in [2.75, 3.05) is 37.0 Å². The van der Waals surface area contributed by atoms with Crippen LogP contribution in [-0.4, -0.2) is 42.8 Å². The Labute approximate surface area is 109 Å². The van der Waals surface area contributed by atoms with E-state index in [-0.39, 0.29) is 0 Å². The molecule has 1 aliphatic rings. The quantitative estimate of drug-likeness (QED) is 0.865. The molecule has 0 aliphatic carbocycles. The molecule has 1 aliphatic heterocycles. The van der Waals surface area contributed by atoms with E-state index in [4.69, 9.17) is 4.74 Å². The molecule has 5 nitrogen and oxygen atoms in total. The number of nitrogens with zero attached hydrogens (tertiary/aromatic N) is 3. The number of hydrogen-bond donors (Lipinski definition) is 1. The Morgan fingerprint density at radius 3 is 3.06 bits per heavy atom. The van der Waals surface area contributed by atoms with E-state index in [0.717, 1.165) is 37.8 Å². The van der Waals surface area contributed by atoms with Crippen molar-refractivity contribution in [1.29, 1.82) is 0 Å². The van der Waals surface area contributed by atoms with Gasteiger partial charge in [-0.3, -0.25) is 0 Å². The molecule has 2 rings (SSSR count). The number of aromatic nitrogens is 2. The highest BCUT2D eigenvalue weighted by Crippen LogP contribution is 2.17. The summed E-state index contributed by atoms with van der Waals surface area (Å²) in [6.45, 7) is 4.71. The average molecular weight is 250 g/mol. The molecule has 2 heterocycles. The second kappa shape index (κ2) is 6.54. The molecule has 1 fully saturated rings. The first-order valence-corrected chi connectivity index (χ1v) is 6.68. The van der Waals surface area contributed by atoms with E-state index in [1.54, 1.807) is 6.33 Å². The Bertz CT molecular complexity index is 366. The predicted octanol–water partition coefficient (Wildman–Crippen LogP) is 1.91. The third kappa shape index (κ3) is 3.57. The van der Waals surface area contributed by atoms with Gasteiger partial charge in [-0.05, 0) is 26.2 Å². The molecule has 0 spiro atoms. The molecule has 0 radical (unpaired) electrons. The fraction of sp³-hybridized carbons (Fsp3) is 0.692. The van der Waals surface area contributed by atoms with Crippen LogP contribution < -0.4 is 10.2 Å². The third-order valence-electron chi connectivity index (χ3n) is 3.15. The maximum atomic E-state index is 5.75. The maximum Gasteiger partial charge on any atom is 0.133 e.